The Balaban J connectivity index is 1.47. The molecule has 3 heterocycles. The third kappa shape index (κ3) is 3.07. The standard InChI is InChI=1S/C18H13F2N5O3/c19-9-3-11(20)17-14(8-28-15(17)4-9)23-16(26)7-25-6-10-12(24-18(25)27)1-2-22-13(10)5-21/h1-4,14H,6-8H2,(H,23,26)(H,24,27)/t14-/m1/s1. The van der Waals surface area contributed by atoms with Crippen LogP contribution >= 0.6 is 0 Å². The predicted molar refractivity (Wildman–Crippen MR) is 91.1 cm³/mol. The zero-order valence-corrected chi connectivity index (χ0v) is 14.3. The summed E-state index contributed by atoms with van der Waals surface area (Å²) in [6.45, 7) is -0.332. The second-order valence-corrected chi connectivity index (χ2v) is 6.31. The largest absolute Gasteiger partial charge is 0.490 e. The van der Waals surface area contributed by atoms with Crippen LogP contribution in [-0.4, -0.2) is 35.0 Å². The third-order valence-electron chi connectivity index (χ3n) is 4.52. The fourth-order valence-electron chi connectivity index (χ4n) is 3.25. The number of hydrogen-bond acceptors (Lipinski definition) is 5. The average Bonchev–Trinajstić information content (AvgIpc) is 3.04. The number of nitrogens with zero attached hydrogens (tertiary/aromatic N) is 3. The van der Waals surface area contributed by atoms with Gasteiger partial charge in [-0.3, -0.25) is 4.79 Å². The highest BCUT2D eigenvalue weighted by Gasteiger charge is 2.32. The molecule has 2 aliphatic heterocycles. The minimum Gasteiger partial charge on any atom is -0.490 e. The number of ether oxygens (including phenoxy) is 1. The van der Waals surface area contributed by atoms with Crippen molar-refractivity contribution in [3.63, 3.8) is 0 Å². The normalized spacial score (nSPS) is 17.1. The molecule has 10 heteroatoms. The highest BCUT2D eigenvalue weighted by atomic mass is 19.1. The maximum Gasteiger partial charge on any atom is 0.322 e. The molecule has 1 aromatic carbocycles. The van der Waals surface area contributed by atoms with Gasteiger partial charge < -0.3 is 20.3 Å². The Hall–Kier alpha value is -3.74. The Kier molecular flexibility index (Phi) is 4.27. The van der Waals surface area contributed by atoms with Crippen LogP contribution in [-0.2, 0) is 11.3 Å². The number of nitriles is 1. The van der Waals surface area contributed by atoms with E-state index in [-0.39, 0.29) is 36.7 Å². The van der Waals surface area contributed by atoms with E-state index in [9.17, 15) is 18.4 Å². The Morgan fingerprint density at radius 2 is 2.29 bits per heavy atom. The van der Waals surface area contributed by atoms with E-state index in [4.69, 9.17) is 10.00 Å². The number of amides is 3. The van der Waals surface area contributed by atoms with Crippen molar-refractivity contribution in [3.05, 3.63) is 52.9 Å². The summed E-state index contributed by atoms with van der Waals surface area (Å²) in [5, 5.41) is 14.3. The highest BCUT2D eigenvalue weighted by Crippen LogP contribution is 2.35. The van der Waals surface area contributed by atoms with E-state index in [2.05, 4.69) is 15.6 Å². The van der Waals surface area contributed by atoms with Gasteiger partial charge >= 0.3 is 6.03 Å². The number of aromatic nitrogens is 1. The van der Waals surface area contributed by atoms with E-state index in [1.54, 1.807) is 6.07 Å². The van der Waals surface area contributed by atoms with Gasteiger partial charge in [-0.2, -0.15) is 5.26 Å². The molecule has 0 radical (unpaired) electrons. The molecule has 0 bridgehead atoms. The van der Waals surface area contributed by atoms with Crippen molar-refractivity contribution in [3.8, 4) is 11.8 Å². The Morgan fingerprint density at radius 3 is 3.07 bits per heavy atom. The van der Waals surface area contributed by atoms with Gasteiger partial charge in [0.25, 0.3) is 0 Å². The fourth-order valence-corrected chi connectivity index (χ4v) is 3.25. The van der Waals surface area contributed by atoms with Gasteiger partial charge in [0, 0.05) is 23.9 Å². The summed E-state index contributed by atoms with van der Waals surface area (Å²) < 4.78 is 32.5. The number of anilines is 1. The number of pyridine rings is 1. The van der Waals surface area contributed by atoms with Crippen molar-refractivity contribution in [2.24, 2.45) is 0 Å². The number of carbonyl (C=O) groups excluding carboxylic acids is 2. The molecule has 2 N–H and O–H groups in total. The summed E-state index contributed by atoms with van der Waals surface area (Å²) in [7, 11) is 0. The van der Waals surface area contributed by atoms with Crippen LogP contribution in [0.15, 0.2) is 24.4 Å². The van der Waals surface area contributed by atoms with Crippen LogP contribution in [0.4, 0.5) is 19.3 Å². The molecule has 0 aliphatic carbocycles. The fraction of sp³-hybridized carbons (Fsp3) is 0.222. The molecule has 1 aromatic heterocycles. The van der Waals surface area contributed by atoms with Gasteiger partial charge in [-0.15, -0.1) is 0 Å². The number of nitrogens with one attached hydrogen (secondary N) is 2. The maximum atomic E-state index is 14.0. The zero-order chi connectivity index (χ0) is 19.8. The van der Waals surface area contributed by atoms with E-state index in [0.29, 0.717) is 11.3 Å². The van der Waals surface area contributed by atoms with Crippen molar-refractivity contribution in [2.75, 3.05) is 18.5 Å². The van der Waals surface area contributed by atoms with E-state index in [1.165, 1.54) is 11.1 Å². The van der Waals surface area contributed by atoms with Crippen molar-refractivity contribution in [2.45, 2.75) is 12.6 Å². The van der Waals surface area contributed by atoms with E-state index in [1.807, 2.05) is 6.07 Å². The second kappa shape index (κ2) is 6.77. The summed E-state index contributed by atoms with van der Waals surface area (Å²) in [6, 6.07) is 3.99. The first-order valence-corrected chi connectivity index (χ1v) is 8.31. The second-order valence-electron chi connectivity index (χ2n) is 6.31. The zero-order valence-electron chi connectivity index (χ0n) is 14.3. The maximum absolute atomic E-state index is 14.0. The van der Waals surface area contributed by atoms with Crippen molar-refractivity contribution < 1.29 is 23.1 Å². The van der Waals surface area contributed by atoms with E-state index in [0.717, 1.165) is 12.1 Å². The van der Waals surface area contributed by atoms with Gasteiger partial charge in [-0.1, -0.05) is 0 Å². The molecule has 2 aromatic rings. The molecule has 142 valence electrons. The van der Waals surface area contributed by atoms with Crippen LogP contribution in [0, 0.1) is 23.0 Å². The van der Waals surface area contributed by atoms with Crippen LogP contribution in [0.1, 0.15) is 22.9 Å². The number of halogens is 2. The monoisotopic (exact) mass is 385 g/mol. The molecule has 4 rings (SSSR count). The molecule has 8 nitrogen and oxygen atoms in total. The minimum atomic E-state index is -0.813. The predicted octanol–water partition coefficient (Wildman–Crippen LogP) is 1.83. The lowest BCUT2D eigenvalue weighted by Gasteiger charge is -2.29. The molecule has 0 unspecified atom stereocenters. The number of benzene rings is 1. The smallest absolute Gasteiger partial charge is 0.322 e. The highest BCUT2D eigenvalue weighted by molar-refractivity contribution is 5.95. The molecule has 1 atom stereocenters. The van der Waals surface area contributed by atoms with Crippen molar-refractivity contribution in [1.29, 1.82) is 5.26 Å². The SMILES string of the molecule is N#Cc1nccc2c1CN(CC(=O)N[C@@H]1COc3cc(F)cc(F)c31)C(=O)N2. The van der Waals surface area contributed by atoms with Gasteiger partial charge in [0.05, 0.1) is 23.8 Å². The van der Waals surface area contributed by atoms with Gasteiger partial charge in [0.15, 0.2) is 0 Å². The third-order valence-corrected chi connectivity index (χ3v) is 4.52. The van der Waals surface area contributed by atoms with Crippen LogP contribution in [0.5, 0.6) is 5.75 Å². The lowest BCUT2D eigenvalue weighted by molar-refractivity contribution is -0.122. The van der Waals surface area contributed by atoms with Crippen LogP contribution in [0.2, 0.25) is 0 Å². The quantitative estimate of drug-likeness (QED) is 0.838. The minimum absolute atomic E-state index is 0.0304. The topological polar surface area (TPSA) is 107 Å². The van der Waals surface area contributed by atoms with Crippen LogP contribution in [0.3, 0.4) is 0 Å². The lowest BCUT2D eigenvalue weighted by Crippen LogP contribution is -2.45. The van der Waals surface area contributed by atoms with Crippen molar-refractivity contribution >= 4 is 17.6 Å². The molecule has 3 amide bonds. The molecule has 0 saturated carbocycles. The number of carbonyl (C=O) groups is 2. The number of urea groups is 1. The van der Waals surface area contributed by atoms with E-state index >= 15 is 0 Å². The summed E-state index contributed by atoms with van der Waals surface area (Å²) in [5.41, 5.74) is 1.20. The Morgan fingerprint density at radius 1 is 1.46 bits per heavy atom. The average molecular weight is 385 g/mol. The molecular formula is C18H13F2N5O3. The first-order chi connectivity index (χ1) is 13.5. The van der Waals surface area contributed by atoms with Gasteiger partial charge in [-0.05, 0) is 6.07 Å². The van der Waals surface area contributed by atoms with Gasteiger partial charge in [0.2, 0.25) is 5.91 Å². The number of fused-ring (bicyclic) bond motifs is 2. The summed E-state index contributed by atoms with van der Waals surface area (Å²) in [4.78, 5) is 29.8. The number of hydrogen-bond donors (Lipinski definition) is 2. The first kappa shape index (κ1) is 17.7. The Bertz CT molecular complexity index is 1040. The molecule has 28 heavy (non-hydrogen) atoms. The van der Waals surface area contributed by atoms with Gasteiger partial charge in [-0.25, -0.2) is 18.6 Å². The van der Waals surface area contributed by atoms with Gasteiger partial charge in [0.1, 0.15) is 42.3 Å². The Labute approximate surface area is 157 Å². The molecule has 2 aliphatic rings. The molecule has 0 spiro atoms. The summed E-state index contributed by atoms with van der Waals surface area (Å²) in [5.74, 6) is -2.09. The van der Waals surface area contributed by atoms with Crippen LogP contribution in [0.25, 0.3) is 0 Å². The first-order valence-electron chi connectivity index (χ1n) is 8.31. The lowest BCUT2D eigenvalue weighted by atomic mass is 10.1. The summed E-state index contributed by atoms with van der Waals surface area (Å²) in [6.07, 6.45) is 1.41. The molecular weight excluding hydrogens is 372 g/mol. The molecule has 0 saturated heterocycles. The van der Waals surface area contributed by atoms with Crippen molar-refractivity contribution in [1.82, 2.24) is 15.2 Å². The molecule has 0 fully saturated rings. The van der Waals surface area contributed by atoms with E-state index < -0.39 is 29.6 Å². The summed E-state index contributed by atoms with van der Waals surface area (Å²) >= 11 is 0. The van der Waals surface area contributed by atoms with Crippen LogP contribution < -0.4 is 15.4 Å². The number of rotatable bonds is 3.